The Morgan fingerprint density at radius 1 is 1.10 bits per heavy atom. The highest BCUT2D eigenvalue weighted by Gasteiger charge is 2.11. The maximum absolute atomic E-state index is 10.8. The SMILES string of the molecule is Nc1c2ccc(N=O)cc2nc2cc([N+](=O)[O-])ccc12. The molecule has 0 aliphatic heterocycles. The van der Waals surface area contributed by atoms with Crippen LogP contribution in [-0.2, 0) is 0 Å². The van der Waals surface area contributed by atoms with Gasteiger partial charge in [-0.05, 0) is 29.4 Å². The maximum atomic E-state index is 10.8. The van der Waals surface area contributed by atoms with Crippen molar-refractivity contribution >= 4 is 38.9 Å². The Kier molecular flexibility index (Phi) is 2.53. The fraction of sp³-hybridized carbons (Fsp3) is 0. The number of aromatic nitrogens is 1. The molecule has 7 heteroatoms. The van der Waals surface area contributed by atoms with Crippen molar-refractivity contribution in [1.82, 2.24) is 4.98 Å². The molecule has 0 radical (unpaired) electrons. The minimum atomic E-state index is -0.495. The van der Waals surface area contributed by atoms with Crippen molar-refractivity contribution in [2.75, 3.05) is 5.73 Å². The third-order valence-electron chi connectivity index (χ3n) is 3.10. The number of hydrogen-bond acceptors (Lipinski definition) is 6. The molecular formula is C13H8N4O3. The van der Waals surface area contributed by atoms with E-state index < -0.39 is 4.92 Å². The van der Waals surface area contributed by atoms with Crippen LogP contribution in [0, 0.1) is 15.0 Å². The molecule has 7 nitrogen and oxygen atoms in total. The summed E-state index contributed by atoms with van der Waals surface area (Å²) < 4.78 is 0. The highest BCUT2D eigenvalue weighted by atomic mass is 16.6. The number of nitroso groups, excluding NO2 is 1. The Labute approximate surface area is 112 Å². The molecule has 1 aromatic heterocycles. The summed E-state index contributed by atoms with van der Waals surface area (Å²) in [5.74, 6) is 0. The zero-order valence-corrected chi connectivity index (χ0v) is 10.1. The van der Waals surface area contributed by atoms with Gasteiger partial charge in [-0.15, -0.1) is 4.91 Å². The highest BCUT2D eigenvalue weighted by molar-refractivity contribution is 6.07. The number of nitrogen functional groups attached to an aromatic ring is 1. The molecule has 2 N–H and O–H groups in total. The zero-order chi connectivity index (χ0) is 14.3. The van der Waals surface area contributed by atoms with Gasteiger partial charge in [-0.2, -0.15) is 0 Å². The summed E-state index contributed by atoms with van der Waals surface area (Å²) in [5, 5.41) is 14.9. The summed E-state index contributed by atoms with van der Waals surface area (Å²) in [7, 11) is 0. The number of anilines is 1. The van der Waals surface area contributed by atoms with Gasteiger partial charge in [0.2, 0.25) is 0 Å². The largest absolute Gasteiger partial charge is 0.398 e. The number of benzene rings is 2. The molecule has 0 bridgehead atoms. The van der Waals surface area contributed by atoms with E-state index in [-0.39, 0.29) is 11.4 Å². The highest BCUT2D eigenvalue weighted by Crippen LogP contribution is 2.32. The van der Waals surface area contributed by atoms with Crippen LogP contribution >= 0.6 is 0 Å². The van der Waals surface area contributed by atoms with E-state index in [2.05, 4.69) is 10.2 Å². The number of nitro groups is 1. The second-order valence-electron chi connectivity index (χ2n) is 4.28. The fourth-order valence-corrected chi connectivity index (χ4v) is 2.13. The monoisotopic (exact) mass is 268 g/mol. The number of nitrogens with zero attached hydrogens (tertiary/aromatic N) is 3. The second kappa shape index (κ2) is 4.23. The molecule has 0 aliphatic carbocycles. The van der Waals surface area contributed by atoms with Crippen molar-refractivity contribution in [1.29, 1.82) is 0 Å². The molecule has 0 unspecified atom stereocenters. The lowest BCUT2D eigenvalue weighted by atomic mass is 10.1. The lowest BCUT2D eigenvalue weighted by Gasteiger charge is -2.06. The number of rotatable bonds is 2. The molecule has 1 heterocycles. The van der Waals surface area contributed by atoms with Crippen LogP contribution in [0.1, 0.15) is 0 Å². The van der Waals surface area contributed by atoms with Gasteiger partial charge < -0.3 is 5.73 Å². The number of pyridine rings is 1. The lowest BCUT2D eigenvalue weighted by molar-refractivity contribution is -0.384. The van der Waals surface area contributed by atoms with Crippen LogP contribution in [-0.4, -0.2) is 9.91 Å². The van der Waals surface area contributed by atoms with Crippen LogP contribution in [0.3, 0.4) is 0 Å². The van der Waals surface area contributed by atoms with Gasteiger partial charge in [0.1, 0.15) is 5.69 Å². The average Bonchev–Trinajstić information content (AvgIpc) is 2.46. The van der Waals surface area contributed by atoms with Crippen molar-refractivity contribution in [2.45, 2.75) is 0 Å². The summed E-state index contributed by atoms with van der Waals surface area (Å²) in [6, 6.07) is 9.01. The predicted molar refractivity (Wildman–Crippen MR) is 75.8 cm³/mol. The van der Waals surface area contributed by atoms with Crippen LogP contribution in [0.4, 0.5) is 17.1 Å². The summed E-state index contributed by atoms with van der Waals surface area (Å²) in [4.78, 5) is 25.1. The van der Waals surface area contributed by atoms with E-state index in [0.29, 0.717) is 27.5 Å². The molecule has 2 aromatic carbocycles. The molecule has 3 aromatic rings. The van der Waals surface area contributed by atoms with E-state index in [9.17, 15) is 15.0 Å². The van der Waals surface area contributed by atoms with Gasteiger partial charge in [0.15, 0.2) is 0 Å². The van der Waals surface area contributed by atoms with E-state index in [4.69, 9.17) is 5.73 Å². The quantitative estimate of drug-likeness (QED) is 0.331. The molecule has 0 amide bonds. The standard InChI is InChI=1S/C13H8N4O3/c14-13-9-3-1-7(16-18)5-11(9)15-12-6-8(17(19)20)2-4-10(12)13/h1-6H,(H2,14,15). The molecule has 0 spiro atoms. The van der Waals surface area contributed by atoms with E-state index in [0.717, 1.165) is 0 Å². The molecule has 0 atom stereocenters. The number of non-ortho nitro benzene ring substituents is 1. The summed E-state index contributed by atoms with van der Waals surface area (Å²) in [6.07, 6.45) is 0. The topological polar surface area (TPSA) is 111 Å². The molecule has 0 aliphatic rings. The van der Waals surface area contributed by atoms with Crippen LogP contribution in [0.5, 0.6) is 0 Å². The van der Waals surface area contributed by atoms with Crippen LogP contribution in [0.25, 0.3) is 21.8 Å². The van der Waals surface area contributed by atoms with E-state index in [1.807, 2.05) is 0 Å². The van der Waals surface area contributed by atoms with Gasteiger partial charge in [-0.3, -0.25) is 10.1 Å². The molecular weight excluding hydrogens is 260 g/mol. The van der Waals surface area contributed by atoms with Gasteiger partial charge in [0.25, 0.3) is 5.69 Å². The maximum Gasteiger partial charge on any atom is 0.271 e. The van der Waals surface area contributed by atoms with Gasteiger partial charge in [0, 0.05) is 22.9 Å². The van der Waals surface area contributed by atoms with Gasteiger partial charge in [-0.1, -0.05) is 0 Å². The van der Waals surface area contributed by atoms with Crippen molar-refractivity contribution in [3.05, 3.63) is 51.4 Å². The first-order valence-corrected chi connectivity index (χ1v) is 5.71. The first-order valence-electron chi connectivity index (χ1n) is 5.71. The van der Waals surface area contributed by atoms with Gasteiger partial charge >= 0.3 is 0 Å². The van der Waals surface area contributed by atoms with Crippen LogP contribution in [0.15, 0.2) is 41.6 Å². The minimum Gasteiger partial charge on any atom is -0.398 e. The second-order valence-corrected chi connectivity index (χ2v) is 4.28. The Bertz CT molecular complexity index is 876. The molecule has 3 rings (SSSR count). The Morgan fingerprint density at radius 3 is 2.40 bits per heavy atom. The van der Waals surface area contributed by atoms with Crippen molar-refractivity contribution in [2.24, 2.45) is 5.18 Å². The molecule has 0 fully saturated rings. The third kappa shape index (κ3) is 1.72. The first kappa shape index (κ1) is 12.0. The molecule has 20 heavy (non-hydrogen) atoms. The van der Waals surface area contributed by atoms with E-state index in [1.54, 1.807) is 18.2 Å². The Morgan fingerprint density at radius 2 is 1.75 bits per heavy atom. The lowest BCUT2D eigenvalue weighted by Crippen LogP contribution is -1.94. The Hall–Kier alpha value is -3.09. The number of nitro benzene ring substituents is 1. The molecule has 0 saturated carbocycles. The summed E-state index contributed by atoms with van der Waals surface area (Å²) in [6.45, 7) is 0. The number of fused-ring (bicyclic) bond motifs is 2. The zero-order valence-electron chi connectivity index (χ0n) is 10.1. The fourth-order valence-electron chi connectivity index (χ4n) is 2.13. The van der Waals surface area contributed by atoms with Crippen molar-refractivity contribution in [3.63, 3.8) is 0 Å². The third-order valence-corrected chi connectivity index (χ3v) is 3.10. The first-order chi connectivity index (χ1) is 9.60. The van der Waals surface area contributed by atoms with Crippen LogP contribution < -0.4 is 5.73 Å². The smallest absolute Gasteiger partial charge is 0.271 e. The molecule has 0 saturated heterocycles. The van der Waals surface area contributed by atoms with E-state index >= 15 is 0 Å². The predicted octanol–water partition coefficient (Wildman–Crippen LogP) is 3.28. The number of hydrogen-bond donors (Lipinski definition) is 1. The Balaban J connectivity index is 2.40. The number of nitrogens with two attached hydrogens (primary N) is 1. The minimum absolute atomic E-state index is 0.0617. The van der Waals surface area contributed by atoms with Gasteiger partial charge in [-0.25, -0.2) is 4.98 Å². The van der Waals surface area contributed by atoms with E-state index in [1.165, 1.54) is 18.2 Å². The summed E-state index contributed by atoms with van der Waals surface area (Å²) >= 11 is 0. The van der Waals surface area contributed by atoms with Crippen molar-refractivity contribution in [3.8, 4) is 0 Å². The van der Waals surface area contributed by atoms with Crippen molar-refractivity contribution < 1.29 is 4.92 Å². The van der Waals surface area contributed by atoms with Crippen LogP contribution in [0.2, 0.25) is 0 Å². The molecule has 98 valence electrons. The average molecular weight is 268 g/mol. The van der Waals surface area contributed by atoms with Gasteiger partial charge in [0.05, 0.1) is 21.6 Å². The normalized spacial score (nSPS) is 10.8. The summed E-state index contributed by atoms with van der Waals surface area (Å²) in [5.41, 5.74) is 7.58.